The van der Waals surface area contributed by atoms with E-state index in [0.29, 0.717) is 6.04 Å². The maximum absolute atomic E-state index is 4.26. The molecule has 1 N–H and O–H groups in total. The van der Waals surface area contributed by atoms with Crippen LogP contribution in [0.3, 0.4) is 0 Å². The molecular formula is C15H29N5. The molecular weight excluding hydrogens is 250 g/mol. The minimum atomic E-state index is 0.687. The molecule has 114 valence electrons. The van der Waals surface area contributed by atoms with Crippen LogP contribution < -0.4 is 5.32 Å². The van der Waals surface area contributed by atoms with Crippen LogP contribution in [-0.2, 0) is 13.6 Å². The summed E-state index contributed by atoms with van der Waals surface area (Å²) >= 11 is 0. The predicted molar refractivity (Wildman–Crippen MR) is 81.5 cm³/mol. The van der Waals surface area contributed by atoms with Gasteiger partial charge >= 0.3 is 0 Å². The summed E-state index contributed by atoms with van der Waals surface area (Å²) in [5.74, 6) is 2.05. The van der Waals surface area contributed by atoms with Gasteiger partial charge in [0.2, 0.25) is 0 Å². The van der Waals surface area contributed by atoms with Crippen LogP contribution in [0.1, 0.15) is 50.7 Å². The lowest BCUT2D eigenvalue weighted by Gasteiger charge is -2.34. The van der Waals surface area contributed by atoms with E-state index in [1.807, 2.05) is 14.0 Å². The largest absolute Gasteiger partial charge is 0.317 e. The number of nitrogens with one attached hydrogen (secondary N) is 1. The average Bonchev–Trinajstić information content (AvgIpc) is 2.77. The number of hydrogen-bond donors (Lipinski definition) is 1. The minimum absolute atomic E-state index is 0.687. The molecule has 5 heteroatoms. The lowest BCUT2D eigenvalue weighted by Crippen LogP contribution is -2.41. The number of aromatic nitrogens is 3. The van der Waals surface area contributed by atoms with Crippen LogP contribution >= 0.6 is 0 Å². The summed E-state index contributed by atoms with van der Waals surface area (Å²) in [5, 5.41) is 12.0. The maximum Gasteiger partial charge on any atom is 0.146 e. The van der Waals surface area contributed by atoms with Gasteiger partial charge in [-0.1, -0.05) is 6.92 Å². The van der Waals surface area contributed by atoms with Gasteiger partial charge in [-0.2, -0.15) is 0 Å². The van der Waals surface area contributed by atoms with E-state index in [0.717, 1.165) is 30.8 Å². The van der Waals surface area contributed by atoms with E-state index in [4.69, 9.17) is 0 Å². The molecule has 5 nitrogen and oxygen atoms in total. The van der Waals surface area contributed by atoms with E-state index >= 15 is 0 Å². The first-order valence-electron chi connectivity index (χ1n) is 7.90. The SMILES string of the molecule is CCCNC1CCC(N(C)Cc2nnc(C)n2C)CC1. The Morgan fingerprint density at radius 2 is 1.95 bits per heavy atom. The van der Waals surface area contributed by atoms with E-state index in [1.54, 1.807) is 0 Å². The van der Waals surface area contributed by atoms with Gasteiger partial charge in [0.15, 0.2) is 0 Å². The molecule has 0 bridgehead atoms. The van der Waals surface area contributed by atoms with E-state index in [9.17, 15) is 0 Å². The Kier molecular flexibility index (Phi) is 5.54. The molecule has 20 heavy (non-hydrogen) atoms. The van der Waals surface area contributed by atoms with Crippen LogP contribution in [-0.4, -0.2) is 45.3 Å². The van der Waals surface area contributed by atoms with E-state index in [1.165, 1.54) is 32.1 Å². The topological polar surface area (TPSA) is 46.0 Å². The summed E-state index contributed by atoms with van der Waals surface area (Å²) in [4.78, 5) is 2.44. The van der Waals surface area contributed by atoms with Crippen molar-refractivity contribution in [2.45, 2.75) is 64.6 Å². The first-order chi connectivity index (χ1) is 9.61. The third-order valence-electron chi connectivity index (χ3n) is 4.58. The lowest BCUT2D eigenvalue weighted by atomic mass is 9.90. The molecule has 1 saturated carbocycles. The number of aryl methyl sites for hydroxylation is 1. The Balaban J connectivity index is 1.80. The molecule has 0 unspecified atom stereocenters. The lowest BCUT2D eigenvalue weighted by molar-refractivity contribution is 0.163. The summed E-state index contributed by atoms with van der Waals surface area (Å²) < 4.78 is 2.09. The van der Waals surface area contributed by atoms with Crippen molar-refractivity contribution in [3.8, 4) is 0 Å². The molecule has 0 atom stereocenters. The quantitative estimate of drug-likeness (QED) is 0.863. The Bertz CT molecular complexity index is 406. The summed E-state index contributed by atoms with van der Waals surface area (Å²) in [6.45, 7) is 6.29. The molecule has 0 spiro atoms. The molecule has 0 aromatic carbocycles. The third-order valence-corrected chi connectivity index (χ3v) is 4.58. The van der Waals surface area contributed by atoms with Gasteiger partial charge in [-0.25, -0.2) is 0 Å². The van der Waals surface area contributed by atoms with Crippen LogP contribution in [0, 0.1) is 6.92 Å². The Labute approximate surface area is 122 Å². The second-order valence-electron chi connectivity index (χ2n) is 6.10. The van der Waals surface area contributed by atoms with Crippen LogP contribution in [0.5, 0.6) is 0 Å². The first-order valence-corrected chi connectivity index (χ1v) is 7.90. The van der Waals surface area contributed by atoms with Crippen molar-refractivity contribution in [1.82, 2.24) is 25.0 Å². The van der Waals surface area contributed by atoms with Crippen molar-refractivity contribution in [3.05, 3.63) is 11.6 Å². The zero-order valence-corrected chi connectivity index (χ0v) is 13.4. The van der Waals surface area contributed by atoms with E-state index in [-0.39, 0.29) is 0 Å². The van der Waals surface area contributed by atoms with Gasteiger partial charge in [0, 0.05) is 19.1 Å². The molecule has 0 amide bonds. The van der Waals surface area contributed by atoms with Crippen molar-refractivity contribution in [1.29, 1.82) is 0 Å². The van der Waals surface area contributed by atoms with Gasteiger partial charge in [-0.3, -0.25) is 4.90 Å². The average molecular weight is 279 g/mol. The molecule has 0 saturated heterocycles. The normalized spacial score (nSPS) is 23.4. The standard InChI is InChI=1S/C15H29N5/c1-5-10-16-13-6-8-14(9-7-13)19(3)11-15-18-17-12(2)20(15)4/h13-14,16H,5-11H2,1-4H3. The zero-order valence-electron chi connectivity index (χ0n) is 13.4. The fraction of sp³-hybridized carbons (Fsp3) is 0.867. The van der Waals surface area contributed by atoms with Crippen molar-refractivity contribution < 1.29 is 0 Å². The van der Waals surface area contributed by atoms with Gasteiger partial charge in [0.05, 0.1) is 6.54 Å². The van der Waals surface area contributed by atoms with Crippen LogP contribution in [0.25, 0.3) is 0 Å². The summed E-state index contributed by atoms with van der Waals surface area (Å²) in [7, 11) is 4.26. The highest BCUT2D eigenvalue weighted by molar-refractivity contribution is 4.93. The Morgan fingerprint density at radius 3 is 2.50 bits per heavy atom. The van der Waals surface area contributed by atoms with E-state index < -0.39 is 0 Å². The van der Waals surface area contributed by atoms with Gasteiger partial charge in [-0.05, 0) is 52.6 Å². The highest BCUT2D eigenvalue weighted by atomic mass is 15.3. The summed E-state index contributed by atoms with van der Waals surface area (Å²) in [6, 6.07) is 1.42. The number of nitrogens with zero attached hydrogens (tertiary/aromatic N) is 4. The van der Waals surface area contributed by atoms with Crippen molar-refractivity contribution in [2.75, 3.05) is 13.6 Å². The fourth-order valence-corrected chi connectivity index (χ4v) is 3.01. The maximum atomic E-state index is 4.26. The number of hydrogen-bond acceptors (Lipinski definition) is 4. The molecule has 1 aromatic rings. The van der Waals surface area contributed by atoms with Gasteiger partial charge < -0.3 is 9.88 Å². The second-order valence-corrected chi connectivity index (χ2v) is 6.10. The Morgan fingerprint density at radius 1 is 1.25 bits per heavy atom. The van der Waals surface area contributed by atoms with Crippen molar-refractivity contribution in [3.63, 3.8) is 0 Å². The van der Waals surface area contributed by atoms with Gasteiger partial charge in [-0.15, -0.1) is 10.2 Å². The molecule has 0 radical (unpaired) electrons. The molecule has 2 rings (SSSR count). The molecule has 0 aliphatic heterocycles. The monoisotopic (exact) mass is 279 g/mol. The van der Waals surface area contributed by atoms with Crippen LogP contribution in [0.2, 0.25) is 0 Å². The smallest absolute Gasteiger partial charge is 0.146 e. The number of rotatable bonds is 6. The van der Waals surface area contributed by atoms with Crippen molar-refractivity contribution >= 4 is 0 Å². The molecule has 1 aliphatic carbocycles. The van der Waals surface area contributed by atoms with Gasteiger partial charge in [0.25, 0.3) is 0 Å². The molecule has 1 heterocycles. The van der Waals surface area contributed by atoms with Crippen LogP contribution in [0.4, 0.5) is 0 Å². The van der Waals surface area contributed by atoms with Gasteiger partial charge in [0.1, 0.15) is 11.6 Å². The van der Waals surface area contributed by atoms with Crippen LogP contribution in [0.15, 0.2) is 0 Å². The molecule has 1 aromatic heterocycles. The second kappa shape index (κ2) is 7.18. The first kappa shape index (κ1) is 15.4. The third kappa shape index (κ3) is 3.79. The molecule has 1 fully saturated rings. The summed E-state index contributed by atoms with van der Waals surface area (Å²) in [6.07, 6.45) is 6.40. The fourth-order valence-electron chi connectivity index (χ4n) is 3.01. The van der Waals surface area contributed by atoms with E-state index in [2.05, 4.69) is 39.0 Å². The highest BCUT2D eigenvalue weighted by Gasteiger charge is 2.24. The molecule has 1 aliphatic rings. The van der Waals surface area contributed by atoms with Crippen molar-refractivity contribution in [2.24, 2.45) is 7.05 Å². The summed E-state index contributed by atoms with van der Waals surface area (Å²) in [5.41, 5.74) is 0. The highest BCUT2D eigenvalue weighted by Crippen LogP contribution is 2.23. The zero-order chi connectivity index (χ0) is 14.5. The predicted octanol–water partition coefficient (Wildman–Crippen LogP) is 1.87. The minimum Gasteiger partial charge on any atom is -0.317 e. The Hall–Kier alpha value is -0.940.